The van der Waals surface area contributed by atoms with Crippen LogP contribution in [0, 0.1) is 13.8 Å². The number of anilines is 6. The Hall–Kier alpha value is -5.22. The fourth-order valence-electron chi connectivity index (χ4n) is 10.4. The third kappa shape index (κ3) is 5.39. The standard InChI is InChI=1S/C54H57BN2O/c1-32-17-13-15-19-42(32)56-44-28-37-36-18-14-16-20-48(36)58-49(37)31-41(44)55-40-29-38-39(54(11,12)24-23-53(38,9)10)30-45(40)57(43-22-21-34(25-33(43)2)51(3,4)5)47-27-35(52(6,7)8)26-46(56)50(47)55/h13-22,25-31H,23-24H2,1-12H3. The van der Waals surface area contributed by atoms with Gasteiger partial charge in [0, 0.05) is 44.9 Å². The van der Waals surface area contributed by atoms with E-state index in [0.29, 0.717) is 0 Å². The van der Waals surface area contributed by atoms with Crippen LogP contribution in [0.25, 0.3) is 21.9 Å². The molecule has 10 rings (SSSR count). The Kier molecular flexibility index (Phi) is 7.78. The van der Waals surface area contributed by atoms with Crippen molar-refractivity contribution in [3.8, 4) is 0 Å². The molecule has 1 aliphatic carbocycles. The van der Waals surface area contributed by atoms with Gasteiger partial charge in [-0.2, -0.15) is 0 Å². The second-order valence-electron chi connectivity index (χ2n) is 21.0. The van der Waals surface area contributed by atoms with E-state index < -0.39 is 0 Å². The zero-order valence-corrected chi connectivity index (χ0v) is 36.6. The van der Waals surface area contributed by atoms with Crippen LogP contribution in [-0.4, -0.2) is 6.71 Å². The molecular formula is C54H57BN2O. The maximum atomic E-state index is 6.73. The third-order valence-corrected chi connectivity index (χ3v) is 14.1. The molecule has 1 aromatic heterocycles. The van der Waals surface area contributed by atoms with Crippen LogP contribution in [0.3, 0.4) is 0 Å². The van der Waals surface area contributed by atoms with Crippen molar-refractivity contribution in [2.75, 3.05) is 9.80 Å². The lowest BCUT2D eigenvalue weighted by molar-refractivity contribution is 0.332. The lowest BCUT2D eigenvalue weighted by Gasteiger charge is -2.48. The van der Waals surface area contributed by atoms with Gasteiger partial charge in [-0.3, -0.25) is 0 Å². The molecular weight excluding hydrogens is 703 g/mol. The van der Waals surface area contributed by atoms with Crippen LogP contribution in [0.2, 0.25) is 0 Å². The highest BCUT2D eigenvalue weighted by Gasteiger charge is 2.47. The van der Waals surface area contributed by atoms with Crippen LogP contribution in [0.1, 0.15) is 115 Å². The normalized spacial score (nSPS) is 16.7. The Bertz CT molecular complexity index is 2860. The van der Waals surface area contributed by atoms with Crippen LogP contribution in [-0.2, 0) is 21.7 Å². The number of aryl methyl sites for hydroxylation is 2. The number of fused-ring (bicyclic) bond motifs is 8. The first kappa shape index (κ1) is 37.1. The summed E-state index contributed by atoms with van der Waals surface area (Å²) in [5.74, 6) is 0. The fourth-order valence-corrected chi connectivity index (χ4v) is 10.4. The van der Waals surface area contributed by atoms with E-state index >= 15 is 0 Å². The first-order valence-corrected chi connectivity index (χ1v) is 21.4. The van der Waals surface area contributed by atoms with Gasteiger partial charge in [0.2, 0.25) is 0 Å². The van der Waals surface area contributed by atoms with Gasteiger partial charge in [-0.1, -0.05) is 124 Å². The molecule has 3 nitrogen and oxygen atoms in total. The Balaban J connectivity index is 1.39. The third-order valence-electron chi connectivity index (χ3n) is 14.1. The number of hydrogen-bond acceptors (Lipinski definition) is 3. The molecule has 0 saturated heterocycles. The fraction of sp³-hybridized carbons (Fsp3) is 0.333. The van der Waals surface area contributed by atoms with E-state index in [4.69, 9.17) is 4.42 Å². The highest BCUT2D eigenvalue weighted by Crippen LogP contribution is 2.52. The summed E-state index contributed by atoms with van der Waals surface area (Å²) in [5, 5.41) is 2.31. The highest BCUT2D eigenvalue weighted by atomic mass is 16.3. The van der Waals surface area contributed by atoms with Crippen LogP contribution in [0.4, 0.5) is 34.1 Å². The highest BCUT2D eigenvalue weighted by molar-refractivity contribution is 7.00. The van der Waals surface area contributed by atoms with Crippen molar-refractivity contribution in [1.29, 1.82) is 0 Å². The minimum Gasteiger partial charge on any atom is -0.456 e. The maximum Gasteiger partial charge on any atom is 0.252 e. The van der Waals surface area contributed by atoms with Crippen molar-refractivity contribution in [3.63, 3.8) is 0 Å². The summed E-state index contributed by atoms with van der Waals surface area (Å²) in [7, 11) is 0. The van der Waals surface area contributed by atoms with Crippen LogP contribution in [0.5, 0.6) is 0 Å². The maximum absolute atomic E-state index is 6.73. The van der Waals surface area contributed by atoms with Crippen molar-refractivity contribution in [1.82, 2.24) is 0 Å². The number of rotatable bonds is 2. The Labute approximate surface area is 346 Å². The number of para-hydroxylation sites is 2. The van der Waals surface area contributed by atoms with E-state index in [9.17, 15) is 0 Å². The van der Waals surface area contributed by atoms with Gasteiger partial charge >= 0.3 is 0 Å². The molecule has 2 aliphatic heterocycles. The zero-order chi connectivity index (χ0) is 40.8. The molecule has 0 fully saturated rings. The monoisotopic (exact) mass is 760 g/mol. The van der Waals surface area contributed by atoms with Crippen molar-refractivity contribution < 1.29 is 4.42 Å². The van der Waals surface area contributed by atoms with Gasteiger partial charge in [0.05, 0.1) is 0 Å². The lowest BCUT2D eigenvalue weighted by atomic mass is 9.33. The molecule has 0 unspecified atom stereocenters. The van der Waals surface area contributed by atoms with Crippen LogP contribution >= 0.6 is 0 Å². The average molecular weight is 761 g/mol. The molecule has 0 bridgehead atoms. The van der Waals surface area contributed by atoms with Gasteiger partial charge in [0.1, 0.15) is 11.2 Å². The largest absolute Gasteiger partial charge is 0.456 e. The molecule has 6 aromatic carbocycles. The summed E-state index contributed by atoms with van der Waals surface area (Å²) < 4.78 is 6.73. The van der Waals surface area contributed by atoms with E-state index in [1.54, 1.807) is 0 Å². The second-order valence-corrected chi connectivity index (χ2v) is 21.0. The van der Waals surface area contributed by atoms with Crippen LogP contribution < -0.4 is 26.2 Å². The Morgan fingerprint density at radius 2 is 1.07 bits per heavy atom. The predicted molar refractivity (Wildman–Crippen MR) is 250 cm³/mol. The topological polar surface area (TPSA) is 19.6 Å². The lowest BCUT2D eigenvalue weighted by Crippen LogP contribution is -2.62. The predicted octanol–water partition coefficient (Wildman–Crippen LogP) is 13.2. The Morgan fingerprint density at radius 1 is 0.500 bits per heavy atom. The molecule has 292 valence electrons. The first-order valence-electron chi connectivity index (χ1n) is 21.4. The van der Waals surface area contributed by atoms with Crippen LogP contribution in [0.15, 0.2) is 108 Å². The van der Waals surface area contributed by atoms with Crippen molar-refractivity contribution >= 4 is 79.2 Å². The minimum absolute atomic E-state index is 0.00144. The molecule has 3 heterocycles. The van der Waals surface area contributed by atoms with Crippen molar-refractivity contribution in [2.24, 2.45) is 0 Å². The number of hydrogen-bond donors (Lipinski definition) is 0. The van der Waals surface area contributed by atoms with E-state index in [0.717, 1.165) is 21.9 Å². The molecule has 3 aliphatic rings. The minimum atomic E-state index is -0.0949. The van der Waals surface area contributed by atoms with E-state index in [1.165, 1.54) is 96.7 Å². The molecule has 0 N–H and O–H groups in total. The van der Waals surface area contributed by atoms with Crippen molar-refractivity contribution in [3.05, 3.63) is 137 Å². The molecule has 7 aromatic rings. The van der Waals surface area contributed by atoms with Gasteiger partial charge in [0.15, 0.2) is 0 Å². The summed E-state index contributed by atoms with van der Waals surface area (Å²) in [5.41, 5.74) is 21.7. The SMILES string of the molecule is Cc1cc(C(C)(C)C)ccc1N1c2cc3c(cc2B2c4cc5oc6ccccc6c5cc4N(c4ccccc4C)c4cc(C(C)(C)C)cc1c42)C(C)(C)CCC3(C)C. The van der Waals surface area contributed by atoms with E-state index in [2.05, 4.69) is 196 Å². The average Bonchev–Trinajstić information content (AvgIpc) is 3.52. The summed E-state index contributed by atoms with van der Waals surface area (Å²) in [6, 6.07) is 39.7. The van der Waals surface area contributed by atoms with Gasteiger partial charge in [-0.15, -0.1) is 0 Å². The number of nitrogens with zero attached hydrogens (tertiary/aromatic N) is 2. The number of benzene rings is 6. The second kappa shape index (κ2) is 12.2. The molecule has 0 saturated carbocycles. The van der Waals surface area contributed by atoms with E-state index in [1.807, 2.05) is 0 Å². The quantitative estimate of drug-likeness (QED) is 0.164. The van der Waals surface area contributed by atoms with Gasteiger partial charge in [-0.05, 0) is 147 Å². The molecule has 4 heteroatoms. The first-order chi connectivity index (χ1) is 27.3. The van der Waals surface area contributed by atoms with E-state index in [-0.39, 0.29) is 28.4 Å². The zero-order valence-electron chi connectivity index (χ0n) is 36.6. The van der Waals surface area contributed by atoms with Gasteiger partial charge in [-0.25, -0.2) is 0 Å². The smallest absolute Gasteiger partial charge is 0.252 e. The molecule has 0 spiro atoms. The molecule has 0 radical (unpaired) electrons. The molecule has 0 amide bonds. The summed E-state index contributed by atoms with van der Waals surface area (Å²) in [4.78, 5) is 5.24. The summed E-state index contributed by atoms with van der Waals surface area (Å²) in [6.45, 7) is 28.5. The summed E-state index contributed by atoms with van der Waals surface area (Å²) in [6.07, 6.45) is 2.34. The van der Waals surface area contributed by atoms with Gasteiger partial charge in [0.25, 0.3) is 6.71 Å². The molecule has 58 heavy (non-hydrogen) atoms. The number of furan rings is 1. The summed E-state index contributed by atoms with van der Waals surface area (Å²) >= 11 is 0. The Morgan fingerprint density at radius 3 is 1.71 bits per heavy atom. The molecule has 0 atom stereocenters. The van der Waals surface area contributed by atoms with Gasteiger partial charge < -0.3 is 14.2 Å². The van der Waals surface area contributed by atoms with Crippen molar-refractivity contribution in [2.45, 2.75) is 118 Å².